The van der Waals surface area contributed by atoms with Crippen LogP contribution in [0.4, 0.5) is 0 Å². The minimum atomic E-state index is 1.07. The maximum atomic E-state index is 2.28. The molecule has 0 amide bonds. The molecule has 4 rings (SSSR count). The molecule has 1 aromatic heterocycles. The smallest absolute Gasteiger partial charge is 0.0436 e. The second-order valence-electron chi connectivity index (χ2n) is 5.74. The number of hydrogen-bond acceptors (Lipinski definition) is 1. The van der Waals surface area contributed by atoms with E-state index in [4.69, 9.17) is 0 Å². The molecular formula is C21H18S. The van der Waals surface area contributed by atoms with Crippen molar-refractivity contribution in [2.75, 3.05) is 0 Å². The molecule has 0 N–H and O–H groups in total. The van der Waals surface area contributed by atoms with Gasteiger partial charge in [-0.2, -0.15) is 0 Å². The average molecular weight is 302 g/mol. The maximum Gasteiger partial charge on any atom is 0.0436 e. The Balaban J connectivity index is 2.15. The topological polar surface area (TPSA) is 0 Å². The van der Waals surface area contributed by atoms with Gasteiger partial charge in [0.25, 0.3) is 0 Å². The van der Waals surface area contributed by atoms with E-state index in [0.29, 0.717) is 0 Å². The van der Waals surface area contributed by atoms with Gasteiger partial charge in [-0.25, -0.2) is 0 Å². The van der Waals surface area contributed by atoms with E-state index >= 15 is 0 Å². The van der Waals surface area contributed by atoms with Crippen LogP contribution < -0.4 is 0 Å². The Morgan fingerprint density at radius 2 is 1.59 bits per heavy atom. The van der Waals surface area contributed by atoms with Crippen LogP contribution >= 0.6 is 11.3 Å². The summed E-state index contributed by atoms with van der Waals surface area (Å²) in [6.07, 6.45) is 1.07. The van der Waals surface area contributed by atoms with Crippen molar-refractivity contribution in [2.24, 2.45) is 0 Å². The number of benzene rings is 3. The summed E-state index contributed by atoms with van der Waals surface area (Å²) in [6.45, 7) is 4.46. The third-order valence-electron chi connectivity index (χ3n) is 4.42. The molecule has 0 spiro atoms. The minimum Gasteiger partial charge on any atom is -0.135 e. The molecule has 0 saturated carbocycles. The zero-order valence-corrected chi connectivity index (χ0v) is 13.7. The third-order valence-corrected chi connectivity index (χ3v) is 5.63. The van der Waals surface area contributed by atoms with Gasteiger partial charge in [-0.05, 0) is 36.1 Å². The molecule has 22 heavy (non-hydrogen) atoms. The van der Waals surface area contributed by atoms with Crippen molar-refractivity contribution < 1.29 is 0 Å². The van der Waals surface area contributed by atoms with Crippen LogP contribution in [0.5, 0.6) is 0 Å². The first-order chi connectivity index (χ1) is 10.8. The van der Waals surface area contributed by atoms with Gasteiger partial charge >= 0.3 is 0 Å². The van der Waals surface area contributed by atoms with E-state index in [-0.39, 0.29) is 0 Å². The fourth-order valence-electron chi connectivity index (χ4n) is 3.29. The van der Waals surface area contributed by atoms with Crippen molar-refractivity contribution in [3.63, 3.8) is 0 Å². The first-order valence-corrected chi connectivity index (χ1v) is 8.60. The summed E-state index contributed by atoms with van der Waals surface area (Å²) in [6, 6.07) is 22.1. The first-order valence-electron chi connectivity index (χ1n) is 7.78. The van der Waals surface area contributed by atoms with Gasteiger partial charge in [-0.3, -0.25) is 0 Å². The molecule has 0 bridgehead atoms. The molecule has 0 aliphatic heterocycles. The molecular weight excluding hydrogens is 284 g/mol. The molecule has 0 radical (unpaired) electrons. The van der Waals surface area contributed by atoms with E-state index in [2.05, 4.69) is 74.5 Å². The summed E-state index contributed by atoms with van der Waals surface area (Å²) < 4.78 is 2.79. The van der Waals surface area contributed by atoms with Crippen LogP contribution in [0, 0.1) is 6.92 Å². The number of rotatable bonds is 2. The van der Waals surface area contributed by atoms with Crippen molar-refractivity contribution in [2.45, 2.75) is 20.3 Å². The van der Waals surface area contributed by atoms with Gasteiger partial charge in [0, 0.05) is 25.7 Å². The molecule has 0 saturated heterocycles. The first kappa shape index (κ1) is 13.5. The van der Waals surface area contributed by atoms with Crippen LogP contribution in [0.3, 0.4) is 0 Å². The standard InChI is InChI=1S/C21H18S/c1-3-15-8-4-5-9-16(15)20-14(2)12-13-18-17-10-6-7-11-19(17)22-21(18)20/h4-13H,3H2,1-2H3. The zero-order valence-electron chi connectivity index (χ0n) is 12.9. The van der Waals surface area contributed by atoms with Crippen LogP contribution in [0.25, 0.3) is 31.3 Å². The van der Waals surface area contributed by atoms with E-state index in [1.165, 1.54) is 42.4 Å². The number of hydrogen-bond donors (Lipinski definition) is 0. The molecule has 0 unspecified atom stereocenters. The van der Waals surface area contributed by atoms with Crippen LogP contribution in [0.2, 0.25) is 0 Å². The predicted octanol–water partition coefficient (Wildman–Crippen LogP) is 6.59. The van der Waals surface area contributed by atoms with Gasteiger partial charge in [-0.1, -0.05) is 61.5 Å². The predicted molar refractivity (Wildman–Crippen MR) is 98.9 cm³/mol. The van der Waals surface area contributed by atoms with Gasteiger partial charge in [0.1, 0.15) is 0 Å². The van der Waals surface area contributed by atoms with Crippen LogP contribution in [-0.4, -0.2) is 0 Å². The molecule has 0 fully saturated rings. The number of aryl methyl sites for hydroxylation is 2. The summed E-state index contributed by atoms with van der Waals surface area (Å²) in [5, 5.41) is 2.75. The highest BCUT2D eigenvalue weighted by Crippen LogP contribution is 2.42. The Morgan fingerprint density at radius 1 is 0.818 bits per heavy atom. The fourth-order valence-corrected chi connectivity index (χ4v) is 4.61. The van der Waals surface area contributed by atoms with Gasteiger partial charge in [0.2, 0.25) is 0 Å². The molecule has 3 aromatic carbocycles. The van der Waals surface area contributed by atoms with Crippen molar-refractivity contribution in [3.05, 3.63) is 71.8 Å². The van der Waals surface area contributed by atoms with E-state index in [1.807, 2.05) is 11.3 Å². The van der Waals surface area contributed by atoms with Crippen LogP contribution in [0.15, 0.2) is 60.7 Å². The summed E-state index contributed by atoms with van der Waals surface area (Å²) in [5.74, 6) is 0. The van der Waals surface area contributed by atoms with E-state index in [9.17, 15) is 0 Å². The molecule has 1 heterocycles. The highest BCUT2D eigenvalue weighted by molar-refractivity contribution is 7.26. The Labute approximate surface area is 135 Å². The van der Waals surface area contributed by atoms with Crippen molar-refractivity contribution >= 4 is 31.5 Å². The lowest BCUT2D eigenvalue weighted by Gasteiger charge is -2.12. The maximum absolute atomic E-state index is 2.28. The molecule has 0 nitrogen and oxygen atoms in total. The lowest BCUT2D eigenvalue weighted by Crippen LogP contribution is -1.90. The Hall–Kier alpha value is -2.12. The molecule has 1 heteroatoms. The average Bonchev–Trinajstić information content (AvgIpc) is 2.93. The quantitative estimate of drug-likeness (QED) is 0.391. The Bertz CT molecular complexity index is 976. The second-order valence-corrected chi connectivity index (χ2v) is 6.80. The summed E-state index contributed by atoms with van der Waals surface area (Å²) in [4.78, 5) is 0. The second kappa shape index (κ2) is 5.26. The normalized spacial score (nSPS) is 11.4. The molecule has 108 valence electrons. The SMILES string of the molecule is CCc1ccccc1-c1c(C)ccc2c1sc1ccccc12. The molecule has 0 aliphatic carbocycles. The lowest BCUT2D eigenvalue weighted by molar-refractivity contribution is 1.14. The fraction of sp³-hybridized carbons (Fsp3) is 0.143. The largest absolute Gasteiger partial charge is 0.135 e. The van der Waals surface area contributed by atoms with Gasteiger partial charge in [0.05, 0.1) is 0 Å². The monoisotopic (exact) mass is 302 g/mol. The van der Waals surface area contributed by atoms with Crippen LogP contribution in [-0.2, 0) is 6.42 Å². The number of fused-ring (bicyclic) bond motifs is 3. The van der Waals surface area contributed by atoms with Gasteiger partial charge < -0.3 is 0 Å². The zero-order chi connectivity index (χ0) is 15.1. The van der Waals surface area contributed by atoms with E-state index in [0.717, 1.165) is 6.42 Å². The third kappa shape index (κ3) is 1.97. The summed E-state index contributed by atoms with van der Waals surface area (Å²) in [7, 11) is 0. The van der Waals surface area contributed by atoms with E-state index < -0.39 is 0 Å². The summed E-state index contributed by atoms with van der Waals surface area (Å²) >= 11 is 1.92. The summed E-state index contributed by atoms with van der Waals surface area (Å²) in [5.41, 5.74) is 5.59. The lowest BCUT2D eigenvalue weighted by atomic mass is 9.93. The minimum absolute atomic E-state index is 1.07. The Morgan fingerprint density at radius 3 is 2.45 bits per heavy atom. The van der Waals surface area contributed by atoms with Crippen molar-refractivity contribution in [1.29, 1.82) is 0 Å². The van der Waals surface area contributed by atoms with Gasteiger partial charge in [-0.15, -0.1) is 11.3 Å². The molecule has 0 aliphatic rings. The highest BCUT2D eigenvalue weighted by atomic mass is 32.1. The molecule has 4 aromatic rings. The molecule has 0 atom stereocenters. The van der Waals surface area contributed by atoms with Gasteiger partial charge in [0.15, 0.2) is 0 Å². The van der Waals surface area contributed by atoms with Crippen molar-refractivity contribution in [1.82, 2.24) is 0 Å². The van der Waals surface area contributed by atoms with Crippen molar-refractivity contribution in [3.8, 4) is 11.1 Å². The van der Waals surface area contributed by atoms with Crippen LogP contribution in [0.1, 0.15) is 18.1 Å². The number of thiophene rings is 1. The highest BCUT2D eigenvalue weighted by Gasteiger charge is 2.14. The van der Waals surface area contributed by atoms with E-state index in [1.54, 1.807) is 0 Å². The Kier molecular flexibility index (Phi) is 3.24.